The Kier molecular flexibility index (Phi) is 4.63. The SMILES string of the molecule is CCCc1ccc(OCc2nc(N)ccc2Cl)cc1. The average Bonchev–Trinajstić information content (AvgIpc) is 2.42. The van der Waals surface area contributed by atoms with Gasteiger partial charge in [0.1, 0.15) is 18.2 Å². The van der Waals surface area contributed by atoms with E-state index >= 15 is 0 Å². The highest BCUT2D eigenvalue weighted by Gasteiger charge is 2.04. The molecule has 0 saturated carbocycles. The van der Waals surface area contributed by atoms with Gasteiger partial charge in [0.15, 0.2) is 0 Å². The third kappa shape index (κ3) is 3.86. The van der Waals surface area contributed by atoms with Gasteiger partial charge in [0.05, 0.1) is 10.7 Å². The number of ether oxygens (including phenoxy) is 1. The van der Waals surface area contributed by atoms with Gasteiger partial charge in [-0.25, -0.2) is 4.98 Å². The van der Waals surface area contributed by atoms with Crippen LogP contribution in [0.25, 0.3) is 0 Å². The number of nitrogen functional groups attached to an aromatic ring is 1. The van der Waals surface area contributed by atoms with Crippen molar-refractivity contribution in [3.8, 4) is 5.75 Å². The minimum atomic E-state index is 0.316. The van der Waals surface area contributed by atoms with Crippen LogP contribution in [0.3, 0.4) is 0 Å². The van der Waals surface area contributed by atoms with Gasteiger partial charge in [-0.05, 0) is 36.2 Å². The third-order valence-electron chi connectivity index (χ3n) is 2.78. The van der Waals surface area contributed by atoms with Gasteiger partial charge >= 0.3 is 0 Å². The molecule has 0 aliphatic rings. The maximum Gasteiger partial charge on any atom is 0.132 e. The predicted molar refractivity (Wildman–Crippen MR) is 78.4 cm³/mol. The second-order valence-electron chi connectivity index (χ2n) is 4.35. The number of nitrogens with zero attached hydrogens (tertiary/aromatic N) is 1. The van der Waals surface area contributed by atoms with Gasteiger partial charge in [-0.15, -0.1) is 0 Å². The van der Waals surface area contributed by atoms with Crippen LogP contribution in [0.1, 0.15) is 24.6 Å². The number of aromatic nitrogens is 1. The highest BCUT2D eigenvalue weighted by atomic mass is 35.5. The molecule has 100 valence electrons. The van der Waals surface area contributed by atoms with Crippen LogP contribution in [0.2, 0.25) is 5.02 Å². The molecule has 1 heterocycles. The van der Waals surface area contributed by atoms with E-state index in [4.69, 9.17) is 22.1 Å². The number of aryl methyl sites for hydroxylation is 1. The smallest absolute Gasteiger partial charge is 0.132 e. The quantitative estimate of drug-likeness (QED) is 0.902. The van der Waals surface area contributed by atoms with Gasteiger partial charge in [-0.2, -0.15) is 0 Å². The summed E-state index contributed by atoms with van der Waals surface area (Å²) in [4.78, 5) is 4.16. The fraction of sp³-hybridized carbons (Fsp3) is 0.267. The number of rotatable bonds is 5. The lowest BCUT2D eigenvalue weighted by molar-refractivity contribution is 0.301. The molecule has 0 radical (unpaired) electrons. The van der Waals surface area contributed by atoms with Gasteiger partial charge in [0, 0.05) is 0 Å². The van der Waals surface area contributed by atoms with Crippen LogP contribution in [0, 0.1) is 0 Å². The third-order valence-corrected chi connectivity index (χ3v) is 3.12. The van der Waals surface area contributed by atoms with Crippen molar-refractivity contribution in [1.29, 1.82) is 0 Å². The molecule has 2 rings (SSSR count). The van der Waals surface area contributed by atoms with Crippen molar-refractivity contribution in [2.45, 2.75) is 26.4 Å². The van der Waals surface area contributed by atoms with Gasteiger partial charge in [0.2, 0.25) is 0 Å². The monoisotopic (exact) mass is 276 g/mol. The fourth-order valence-corrected chi connectivity index (χ4v) is 1.95. The summed E-state index contributed by atoms with van der Waals surface area (Å²) in [6.45, 7) is 2.48. The molecule has 0 fully saturated rings. The molecule has 3 nitrogen and oxygen atoms in total. The van der Waals surface area contributed by atoms with E-state index in [1.807, 2.05) is 12.1 Å². The number of nitrogens with two attached hydrogens (primary N) is 1. The Morgan fingerprint density at radius 3 is 2.58 bits per heavy atom. The molecule has 1 aromatic carbocycles. The van der Waals surface area contributed by atoms with Crippen LogP contribution in [0.4, 0.5) is 5.82 Å². The van der Waals surface area contributed by atoms with Crippen molar-refractivity contribution in [3.63, 3.8) is 0 Å². The minimum Gasteiger partial charge on any atom is -0.487 e. The van der Waals surface area contributed by atoms with Crippen molar-refractivity contribution in [2.75, 3.05) is 5.73 Å². The zero-order valence-corrected chi connectivity index (χ0v) is 11.7. The summed E-state index contributed by atoms with van der Waals surface area (Å²) in [6, 6.07) is 11.5. The molecule has 1 aromatic heterocycles. The van der Waals surface area contributed by atoms with Gasteiger partial charge in [-0.1, -0.05) is 37.1 Å². The molecule has 19 heavy (non-hydrogen) atoms. The lowest BCUT2D eigenvalue weighted by atomic mass is 10.1. The molecular weight excluding hydrogens is 260 g/mol. The summed E-state index contributed by atoms with van der Waals surface area (Å²) in [5.74, 6) is 1.25. The maximum absolute atomic E-state index is 6.03. The lowest BCUT2D eigenvalue weighted by Gasteiger charge is -2.08. The van der Waals surface area contributed by atoms with E-state index in [2.05, 4.69) is 24.0 Å². The second kappa shape index (κ2) is 6.43. The molecule has 4 heteroatoms. The molecule has 0 unspecified atom stereocenters. The van der Waals surface area contributed by atoms with Gasteiger partial charge < -0.3 is 10.5 Å². The van der Waals surface area contributed by atoms with Crippen molar-refractivity contribution in [2.24, 2.45) is 0 Å². The standard InChI is InChI=1S/C15H17ClN2O/c1-2-3-11-4-6-12(7-5-11)19-10-14-13(16)8-9-15(17)18-14/h4-9H,2-3,10H2,1H3,(H2,17,18). The first kappa shape index (κ1) is 13.7. The first-order valence-electron chi connectivity index (χ1n) is 6.31. The molecule has 2 N–H and O–H groups in total. The summed E-state index contributed by atoms with van der Waals surface area (Å²) >= 11 is 6.03. The summed E-state index contributed by atoms with van der Waals surface area (Å²) in [7, 11) is 0. The highest BCUT2D eigenvalue weighted by Crippen LogP contribution is 2.19. The van der Waals surface area contributed by atoms with E-state index in [0.29, 0.717) is 23.1 Å². The zero-order valence-electron chi connectivity index (χ0n) is 10.9. The van der Waals surface area contributed by atoms with Crippen molar-refractivity contribution < 1.29 is 4.74 Å². The van der Waals surface area contributed by atoms with E-state index in [1.165, 1.54) is 5.56 Å². The average molecular weight is 277 g/mol. The number of benzene rings is 1. The van der Waals surface area contributed by atoms with E-state index in [-0.39, 0.29) is 0 Å². The number of pyridine rings is 1. The number of anilines is 1. The molecular formula is C15H17ClN2O. The van der Waals surface area contributed by atoms with E-state index in [9.17, 15) is 0 Å². The summed E-state index contributed by atoms with van der Waals surface area (Å²) in [5, 5.41) is 0.566. The molecule has 0 aliphatic heterocycles. The second-order valence-corrected chi connectivity index (χ2v) is 4.75. The van der Waals surface area contributed by atoms with Gasteiger partial charge in [-0.3, -0.25) is 0 Å². The fourth-order valence-electron chi connectivity index (χ4n) is 1.80. The largest absolute Gasteiger partial charge is 0.487 e. The lowest BCUT2D eigenvalue weighted by Crippen LogP contribution is -2.01. The maximum atomic E-state index is 6.03. The molecule has 0 atom stereocenters. The van der Waals surface area contributed by atoms with Crippen LogP contribution >= 0.6 is 11.6 Å². The van der Waals surface area contributed by atoms with Crippen LogP contribution < -0.4 is 10.5 Å². The molecule has 0 saturated heterocycles. The number of hydrogen-bond acceptors (Lipinski definition) is 3. The normalized spacial score (nSPS) is 10.4. The Morgan fingerprint density at radius 2 is 1.89 bits per heavy atom. The van der Waals surface area contributed by atoms with E-state index in [1.54, 1.807) is 12.1 Å². The van der Waals surface area contributed by atoms with Crippen molar-refractivity contribution in [1.82, 2.24) is 4.98 Å². The molecule has 0 aliphatic carbocycles. The highest BCUT2D eigenvalue weighted by molar-refractivity contribution is 6.31. The van der Waals surface area contributed by atoms with Gasteiger partial charge in [0.25, 0.3) is 0 Å². The molecule has 2 aromatic rings. The number of halogens is 1. The Hall–Kier alpha value is -1.74. The molecule has 0 bridgehead atoms. The first-order valence-corrected chi connectivity index (χ1v) is 6.69. The van der Waals surface area contributed by atoms with Crippen LogP contribution in [0.5, 0.6) is 5.75 Å². The van der Waals surface area contributed by atoms with Crippen molar-refractivity contribution in [3.05, 3.63) is 52.7 Å². The van der Waals surface area contributed by atoms with Crippen molar-refractivity contribution >= 4 is 17.4 Å². The predicted octanol–water partition coefficient (Wildman–Crippen LogP) is 3.85. The first-order chi connectivity index (χ1) is 9.19. The van der Waals surface area contributed by atoms with Crippen LogP contribution in [0.15, 0.2) is 36.4 Å². The Morgan fingerprint density at radius 1 is 1.16 bits per heavy atom. The topological polar surface area (TPSA) is 48.1 Å². The Bertz CT molecular complexity index is 540. The minimum absolute atomic E-state index is 0.316. The van der Waals surface area contributed by atoms with E-state index in [0.717, 1.165) is 18.6 Å². The number of hydrogen-bond donors (Lipinski definition) is 1. The van der Waals surface area contributed by atoms with Crippen LogP contribution in [-0.4, -0.2) is 4.98 Å². The Labute approximate surface area is 118 Å². The molecule has 0 amide bonds. The summed E-state index contributed by atoms with van der Waals surface area (Å²) in [5.41, 5.74) is 7.59. The molecule has 0 spiro atoms. The Balaban J connectivity index is 2.00. The zero-order chi connectivity index (χ0) is 13.7. The van der Waals surface area contributed by atoms with Crippen LogP contribution in [-0.2, 0) is 13.0 Å². The summed E-state index contributed by atoms with van der Waals surface area (Å²) in [6.07, 6.45) is 2.23. The van der Waals surface area contributed by atoms with E-state index < -0.39 is 0 Å². The summed E-state index contributed by atoms with van der Waals surface area (Å²) < 4.78 is 5.66.